The molecule has 26 heavy (non-hydrogen) atoms. The molecule has 146 valence electrons. The van der Waals surface area contributed by atoms with Crippen molar-refractivity contribution < 1.29 is 19.1 Å². The molecule has 0 aromatic heterocycles. The van der Waals surface area contributed by atoms with Gasteiger partial charge in [-0.05, 0) is 76.0 Å². The fraction of sp³-hybridized carbons (Fsp3) is 0.900. The van der Waals surface area contributed by atoms with Gasteiger partial charge in [-0.2, -0.15) is 0 Å². The third kappa shape index (κ3) is 5.82. The van der Waals surface area contributed by atoms with Crippen molar-refractivity contribution in [3.8, 4) is 0 Å². The lowest BCUT2D eigenvalue weighted by atomic mass is 9.76. The molecule has 1 heterocycles. The highest BCUT2D eigenvalue weighted by atomic mass is 16.6. The van der Waals surface area contributed by atoms with Gasteiger partial charge in [-0.1, -0.05) is 6.92 Å². The summed E-state index contributed by atoms with van der Waals surface area (Å²) in [5.74, 6) is 1.54. The number of carbonyl (C=O) groups is 1. The van der Waals surface area contributed by atoms with Crippen LogP contribution in [-0.4, -0.2) is 43.1 Å². The molecule has 1 amide bonds. The molecule has 2 aliphatic carbocycles. The highest BCUT2D eigenvalue weighted by molar-refractivity contribution is 5.67. The predicted molar refractivity (Wildman–Crippen MR) is 97.7 cm³/mol. The first-order valence-electron chi connectivity index (χ1n) is 10.3. The molecule has 0 aromatic rings. The van der Waals surface area contributed by atoms with Crippen LogP contribution in [0.1, 0.15) is 71.1 Å². The van der Waals surface area contributed by atoms with E-state index >= 15 is 0 Å². The first-order chi connectivity index (χ1) is 12.7. The summed E-state index contributed by atoms with van der Waals surface area (Å²) in [6, 6.07) is 0.460. The molecule has 6 heteroatoms. The van der Waals surface area contributed by atoms with Gasteiger partial charge < -0.3 is 14.8 Å². The van der Waals surface area contributed by atoms with Crippen LogP contribution in [0.4, 0.5) is 4.79 Å². The molecule has 2 atom stereocenters. The lowest BCUT2D eigenvalue weighted by Gasteiger charge is -2.33. The van der Waals surface area contributed by atoms with Gasteiger partial charge in [0.2, 0.25) is 6.08 Å². The summed E-state index contributed by atoms with van der Waals surface area (Å²) in [5, 5.41) is 3.01. The van der Waals surface area contributed by atoms with Crippen LogP contribution in [-0.2, 0) is 14.3 Å². The Kier molecular flexibility index (Phi) is 7.09. The molecule has 3 fully saturated rings. The third-order valence-corrected chi connectivity index (χ3v) is 6.36. The quantitative estimate of drug-likeness (QED) is 0.424. The maximum absolute atomic E-state index is 11.9. The first-order valence-corrected chi connectivity index (χ1v) is 10.3. The monoisotopic (exact) mass is 364 g/mol. The van der Waals surface area contributed by atoms with E-state index in [2.05, 4.69) is 17.2 Å². The molecule has 1 saturated heterocycles. The molecule has 2 saturated carbocycles. The van der Waals surface area contributed by atoms with Gasteiger partial charge in [0.1, 0.15) is 12.7 Å². The number of nitrogens with one attached hydrogen (secondary N) is 1. The SMILES string of the molecule is CCC1OC1COC(=O)NC1CCC(CC2CCC(N=C=O)CC2)CC1. The second-order valence-electron chi connectivity index (χ2n) is 8.21. The highest BCUT2D eigenvalue weighted by Gasteiger charge is 2.38. The molecule has 6 nitrogen and oxygen atoms in total. The zero-order valence-electron chi connectivity index (χ0n) is 15.8. The fourth-order valence-electron chi connectivity index (χ4n) is 4.65. The molecule has 3 rings (SSSR count). The largest absolute Gasteiger partial charge is 0.447 e. The fourth-order valence-corrected chi connectivity index (χ4v) is 4.65. The number of amides is 1. The number of rotatable bonds is 7. The maximum atomic E-state index is 11.9. The van der Waals surface area contributed by atoms with Gasteiger partial charge in [-0.3, -0.25) is 0 Å². The van der Waals surface area contributed by atoms with E-state index in [0.717, 1.165) is 43.9 Å². The molecule has 2 unspecified atom stereocenters. The number of ether oxygens (including phenoxy) is 2. The van der Waals surface area contributed by atoms with Crippen LogP contribution in [0.15, 0.2) is 4.99 Å². The standard InChI is InChI=1S/C20H32N2O4/c1-2-18-19(26-18)12-25-20(24)22-17-9-5-15(6-10-17)11-14-3-7-16(8-4-14)21-13-23/h14-19H,2-12H2,1H3,(H,22,24). The van der Waals surface area contributed by atoms with Crippen molar-refractivity contribution >= 4 is 12.2 Å². The van der Waals surface area contributed by atoms with Crippen LogP contribution in [0.3, 0.4) is 0 Å². The zero-order valence-corrected chi connectivity index (χ0v) is 15.8. The Balaban J connectivity index is 1.27. The van der Waals surface area contributed by atoms with E-state index in [0.29, 0.717) is 6.61 Å². The second kappa shape index (κ2) is 9.52. The summed E-state index contributed by atoms with van der Waals surface area (Å²) in [5.41, 5.74) is 0. The van der Waals surface area contributed by atoms with Crippen molar-refractivity contribution in [2.75, 3.05) is 6.61 Å². The summed E-state index contributed by atoms with van der Waals surface area (Å²) in [7, 11) is 0. The van der Waals surface area contributed by atoms with Gasteiger partial charge >= 0.3 is 6.09 Å². The first kappa shape index (κ1) is 19.4. The van der Waals surface area contributed by atoms with Crippen molar-refractivity contribution in [1.82, 2.24) is 5.32 Å². The number of aliphatic imine (C=N–C) groups is 1. The molecule has 1 N–H and O–H groups in total. The van der Waals surface area contributed by atoms with Crippen LogP contribution in [0.25, 0.3) is 0 Å². The van der Waals surface area contributed by atoms with Crippen molar-refractivity contribution in [1.29, 1.82) is 0 Å². The lowest BCUT2D eigenvalue weighted by Crippen LogP contribution is -2.38. The van der Waals surface area contributed by atoms with E-state index in [-0.39, 0.29) is 30.4 Å². The number of isocyanates is 1. The van der Waals surface area contributed by atoms with E-state index < -0.39 is 0 Å². The number of hydrogen-bond acceptors (Lipinski definition) is 5. The van der Waals surface area contributed by atoms with Crippen molar-refractivity contribution in [2.45, 2.75) is 95.4 Å². The summed E-state index contributed by atoms with van der Waals surface area (Å²) in [6.07, 6.45) is 12.9. The zero-order chi connectivity index (χ0) is 18.4. The molecule has 3 aliphatic rings. The predicted octanol–water partition coefficient (Wildman–Crippen LogP) is 3.73. The van der Waals surface area contributed by atoms with Gasteiger partial charge in [-0.15, -0.1) is 0 Å². The van der Waals surface area contributed by atoms with Gasteiger partial charge in [0.05, 0.1) is 12.1 Å². The second-order valence-corrected chi connectivity index (χ2v) is 8.21. The average Bonchev–Trinajstić information content (AvgIpc) is 3.42. The van der Waals surface area contributed by atoms with E-state index in [9.17, 15) is 9.59 Å². The Morgan fingerprint density at radius 2 is 1.73 bits per heavy atom. The molecule has 0 aromatic carbocycles. The Hall–Kier alpha value is -1.39. The van der Waals surface area contributed by atoms with Crippen molar-refractivity contribution in [3.63, 3.8) is 0 Å². The summed E-state index contributed by atoms with van der Waals surface area (Å²) >= 11 is 0. The number of nitrogens with zero attached hydrogens (tertiary/aromatic N) is 1. The van der Waals surface area contributed by atoms with E-state index in [1.54, 1.807) is 6.08 Å². The molecular weight excluding hydrogens is 332 g/mol. The van der Waals surface area contributed by atoms with Gasteiger partial charge in [0.15, 0.2) is 0 Å². The van der Waals surface area contributed by atoms with Crippen molar-refractivity contribution in [3.05, 3.63) is 0 Å². The van der Waals surface area contributed by atoms with E-state index in [1.807, 2.05) is 0 Å². The smallest absolute Gasteiger partial charge is 0.407 e. The topological polar surface area (TPSA) is 80.3 Å². The number of alkyl carbamates (subject to hydrolysis) is 1. The van der Waals surface area contributed by atoms with Crippen LogP contribution < -0.4 is 5.32 Å². The summed E-state index contributed by atoms with van der Waals surface area (Å²) in [6.45, 7) is 2.45. The lowest BCUT2D eigenvalue weighted by molar-refractivity contribution is 0.127. The van der Waals surface area contributed by atoms with Crippen LogP contribution in [0, 0.1) is 11.8 Å². The Morgan fingerprint density at radius 3 is 2.31 bits per heavy atom. The average molecular weight is 364 g/mol. The molecular formula is C20H32N2O4. The van der Waals surface area contributed by atoms with Crippen molar-refractivity contribution in [2.24, 2.45) is 16.8 Å². The van der Waals surface area contributed by atoms with Crippen LogP contribution in [0.5, 0.6) is 0 Å². The summed E-state index contributed by atoms with van der Waals surface area (Å²) < 4.78 is 10.7. The Bertz CT molecular complexity index is 504. The molecule has 0 bridgehead atoms. The van der Waals surface area contributed by atoms with Crippen LogP contribution >= 0.6 is 0 Å². The number of epoxide rings is 1. The molecule has 0 spiro atoms. The highest BCUT2D eigenvalue weighted by Crippen LogP contribution is 2.36. The Morgan fingerprint density at radius 1 is 1.08 bits per heavy atom. The molecule has 1 aliphatic heterocycles. The van der Waals surface area contributed by atoms with Gasteiger partial charge in [0, 0.05) is 6.04 Å². The summed E-state index contributed by atoms with van der Waals surface area (Å²) in [4.78, 5) is 26.1. The van der Waals surface area contributed by atoms with E-state index in [4.69, 9.17) is 9.47 Å². The van der Waals surface area contributed by atoms with Gasteiger partial charge in [0.25, 0.3) is 0 Å². The third-order valence-electron chi connectivity index (χ3n) is 6.36. The number of carbonyl (C=O) groups excluding carboxylic acids is 2. The minimum atomic E-state index is -0.298. The normalized spacial score (nSPS) is 36.7. The van der Waals surface area contributed by atoms with E-state index in [1.165, 1.54) is 32.1 Å². The number of hydrogen-bond donors (Lipinski definition) is 1. The Labute approximate surface area is 156 Å². The van der Waals surface area contributed by atoms with Crippen LogP contribution in [0.2, 0.25) is 0 Å². The maximum Gasteiger partial charge on any atom is 0.407 e. The molecule has 0 radical (unpaired) electrons. The minimum Gasteiger partial charge on any atom is -0.447 e. The minimum absolute atomic E-state index is 0.105. The van der Waals surface area contributed by atoms with Gasteiger partial charge in [-0.25, -0.2) is 14.6 Å².